The van der Waals surface area contributed by atoms with Crippen molar-refractivity contribution in [3.8, 4) is 10.4 Å². The Balaban J connectivity index is 1.24. The number of nitrogens with zero attached hydrogens (tertiary/aromatic N) is 3. The molecule has 0 spiro atoms. The van der Waals surface area contributed by atoms with Crippen LogP contribution in [0.5, 0.6) is 0 Å². The van der Waals surface area contributed by atoms with E-state index in [9.17, 15) is 4.79 Å². The predicted octanol–water partition coefficient (Wildman–Crippen LogP) is 5.54. The van der Waals surface area contributed by atoms with Crippen molar-refractivity contribution in [2.24, 2.45) is 11.8 Å². The normalized spacial score (nSPS) is 18.0. The van der Waals surface area contributed by atoms with E-state index in [1.54, 1.807) is 11.3 Å². The molecule has 0 unspecified atom stereocenters. The van der Waals surface area contributed by atoms with E-state index in [0.717, 1.165) is 48.3 Å². The molecule has 6 heteroatoms. The van der Waals surface area contributed by atoms with Crippen LogP contribution in [0.15, 0.2) is 36.7 Å². The number of amides is 1. The van der Waals surface area contributed by atoms with E-state index in [0.29, 0.717) is 17.0 Å². The van der Waals surface area contributed by atoms with Gasteiger partial charge in [-0.2, -0.15) is 0 Å². The number of rotatable bonds is 6. The van der Waals surface area contributed by atoms with Gasteiger partial charge >= 0.3 is 0 Å². The maximum atomic E-state index is 12.8. The third-order valence-electron chi connectivity index (χ3n) is 6.34. The van der Waals surface area contributed by atoms with E-state index in [2.05, 4.69) is 58.3 Å². The minimum absolute atomic E-state index is 0.0878. The lowest BCUT2D eigenvalue weighted by atomic mass is 9.95. The molecule has 1 aromatic carbocycles. The van der Waals surface area contributed by atoms with Crippen molar-refractivity contribution < 1.29 is 4.79 Å². The fourth-order valence-electron chi connectivity index (χ4n) is 4.48. The van der Waals surface area contributed by atoms with Crippen molar-refractivity contribution in [3.63, 3.8) is 0 Å². The molecule has 1 amide bonds. The van der Waals surface area contributed by atoms with Crippen molar-refractivity contribution in [1.29, 1.82) is 0 Å². The number of nitrogens with one attached hydrogen (secondary N) is 1. The average molecular weight is 435 g/mol. The largest absolute Gasteiger partial charge is 0.303 e. The number of benzene rings is 1. The molecule has 1 saturated carbocycles. The number of fused-ring (bicyclic) bond motifs is 1. The Labute approximate surface area is 187 Å². The Morgan fingerprint density at radius 2 is 1.90 bits per heavy atom. The molecule has 3 heterocycles. The molecule has 31 heavy (non-hydrogen) atoms. The van der Waals surface area contributed by atoms with Crippen LogP contribution in [0.4, 0.5) is 5.13 Å². The van der Waals surface area contributed by atoms with Gasteiger partial charge in [0.05, 0.1) is 4.88 Å². The van der Waals surface area contributed by atoms with Gasteiger partial charge in [-0.05, 0) is 67.8 Å². The highest BCUT2D eigenvalue weighted by Crippen LogP contribution is 2.40. The lowest BCUT2D eigenvalue weighted by Gasteiger charge is -2.32. The van der Waals surface area contributed by atoms with Crippen molar-refractivity contribution in [3.05, 3.63) is 42.4 Å². The molecule has 0 radical (unpaired) electrons. The molecular formula is C25H30N4OS. The summed E-state index contributed by atoms with van der Waals surface area (Å²) in [6, 6.07) is 8.68. The first-order chi connectivity index (χ1) is 15.0. The molecule has 2 fully saturated rings. The molecule has 3 aromatic rings. The molecular weight excluding hydrogens is 404 g/mol. The van der Waals surface area contributed by atoms with Crippen LogP contribution < -0.4 is 5.32 Å². The van der Waals surface area contributed by atoms with Crippen LogP contribution in [0.1, 0.15) is 51.1 Å². The Morgan fingerprint density at radius 3 is 2.65 bits per heavy atom. The summed E-state index contributed by atoms with van der Waals surface area (Å²) >= 11 is 1.55. The zero-order valence-electron chi connectivity index (χ0n) is 18.3. The molecule has 5 nitrogen and oxygen atoms in total. The topological polar surface area (TPSA) is 58.1 Å². The van der Waals surface area contributed by atoms with Crippen LogP contribution in [0, 0.1) is 11.8 Å². The third-order valence-corrected chi connectivity index (χ3v) is 7.30. The van der Waals surface area contributed by atoms with Crippen molar-refractivity contribution in [2.75, 3.05) is 25.0 Å². The monoisotopic (exact) mass is 434 g/mol. The van der Waals surface area contributed by atoms with Gasteiger partial charge in [-0.3, -0.25) is 9.78 Å². The number of hydrogen-bond donors (Lipinski definition) is 1. The van der Waals surface area contributed by atoms with E-state index in [-0.39, 0.29) is 11.8 Å². The first-order valence-corrected chi connectivity index (χ1v) is 12.3. The first kappa shape index (κ1) is 20.6. The Hall–Kier alpha value is -2.31. The number of aromatic nitrogens is 2. The van der Waals surface area contributed by atoms with Gasteiger partial charge in [-0.15, -0.1) is 0 Å². The molecule has 162 valence electrons. The van der Waals surface area contributed by atoms with Crippen LogP contribution in [0.3, 0.4) is 0 Å². The fourth-order valence-corrected chi connectivity index (χ4v) is 5.30. The van der Waals surface area contributed by atoms with Gasteiger partial charge in [-0.25, -0.2) is 4.98 Å². The summed E-state index contributed by atoms with van der Waals surface area (Å²) in [4.78, 5) is 25.4. The highest BCUT2D eigenvalue weighted by Gasteiger charge is 2.26. The van der Waals surface area contributed by atoms with Crippen LogP contribution in [-0.4, -0.2) is 40.4 Å². The van der Waals surface area contributed by atoms with E-state index in [4.69, 9.17) is 0 Å². The zero-order valence-corrected chi connectivity index (χ0v) is 19.1. The van der Waals surface area contributed by atoms with E-state index >= 15 is 0 Å². The van der Waals surface area contributed by atoms with Crippen LogP contribution in [0.2, 0.25) is 0 Å². The second kappa shape index (κ2) is 8.67. The third kappa shape index (κ3) is 4.80. The van der Waals surface area contributed by atoms with E-state index in [1.807, 2.05) is 12.4 Å². The lowest BCUT2D eigenvalue weighted by molar-refractivity contribution is -0.121. The van der Waals surface area contributed by atoms with Gasteiger partial charge in [0.1, 0.15) is 0 Å². The van der Waals surface area contributed by atoms with Crippen molar-refractivity contribution in [2.45, 2.75) is 45.4 Å². The number of hydrogen-bond acceptors (Lipinski definition) is 5. The molecule has 0 atom stereocenters. The smallest absolute Gasteiger partial charge is 0.229 e. The Morgan fingerprint density at radius 1 is 1.10 bits per heavy atom. The number of carbonyl (C=O) groups excluding carboxylic acids is 1. The molecule has 5 rings (SSSR count). The first-order valence-electron chi connectivity index (χ1n) is 11.4. The highest BCUT2D eigenvalue weighted by atomic mass is 32.1. The van der Waals surface area contributed by atoms with Crippen LogP contribution in [0.25, 0.3) is 21.2 Å². The molecule has 0 bridgehead atoms. The second-order valence-electron chi connectivity index (χ2n) is 9.43. The number of thiazole rings is 1. The van der Waals surface area contributed by atoms with Crippen LogP contribution >= 0.6 is 11.3 Å². The molecule has 1 aliphatic heterocycles. The van der Waals surface area contributed by atoms with Crippen molar-refractivity contribution >= 4 is 33.1 Å². The summed E-state index contributed by atoms with van der Waals surface area (Å²) < 4.78 is 0. The predicted molar refractivity (Wildman–Crippen MR) is 127 cm³/mol. The minimum atomic E-state index is 0.0878. The zero-order chi connectivity index (χ0) is 21.4. The summed E-state index contributed by atoms with van der Waals surface area (Å²) in [7, 11) is 0. The SMILES string of the molecule is CC(C)CN1CCC(C(=O)Nc2ncc(-c3ccc4cnc(C5CC5)cc4c3)s2)CC1. The van der Waals surface area contributed by atoms with Gasteiger partial charge in [0.15, 0.2) is 5.13 Å². The Kier molecular flexibility index (Phi) is 5.76. The second-order valence-corrected chi connectivity index (χ2v) is 10.5. The highest BCUT2D eigenvalue weighted by molar-refractivity contribution is 7.19. The quantitative estimate of drug-likeness (QED) is 0.553. The maximum absolute atomic E-state index is 12.8. The van der Waals surface area contributed by atoms with Gasteiger partial charge in [-0.1, -0.05) is 37.3 Å². The van der Waals surface area contributed by atoms with Gasteiger partial charge < -0.3 is 10.2 Å². The summed E-state index contributed by atoms with van der Waals surface area (Å²) in [5, 5.41) is 6.15. The fraction of sp³-hybridized carbons (Fsp3) is 0.480. The molecule has 1 N–H and O–H groups in total. The van der Waals surface area contributed by atoms with E-state index < -0.39 is 0 Å². The standard InChI is InChI=1S/C25H30N4OS/c1-16(2)15-29-9-7-18(8-10-29)24(30)28-25-27-14-23(31-25)19-5-6-20-13-26-22(17-3-4-17)12-21(20)11-19/h5-6,11-14,16-18H,3-4,7-10,15H2,1-2H3,(H,27,28,30). The minimum Gasteiger partial charge on any atom is -0.303 e. The maximum Gasteiger partial charge on any atom is 0.229 e. The molecule has 1 saturated heterocycles. The molecule has 2 aliphatic rings. The van der Waals surface area contributed by atoms with Crippen molar-refractivity contribution in [1.82, 2.24) is 14.9 Å². The number of piperidine rings is 1. The summed E-state index contributed by atoms with van der Waals surface area (Å²) in [5.74, 6) is 1.52. The molecule has 1 aliphatic carbocycles. The van der Waals surface area contributed by atoms with Crippen LogP contribution in [-0.2, 0) is 4.79 Å². The van der Waals surface area contributed by atoms with Gasteiger partial charge in [0.25, 0.3) is 0 Å². The number of anilines is 1. The average Bonchev–Trinajstić information content (AvgIpc) is 3.52. The lowest BCUT2D eigenvalue weighted by Crippen LogP contribution is -2.39. The molecule has 2 aromatic heterocycles. The van der Waals surface area contributed by atoms with Gasteiger partial charge in [0.2, 0.25) is 5.91 Å². The summed E-state index contributed by atoms with van der Waals surface area (Å²) in [6.45, 7) is 7.63. The number of carbonyl (C=O) groups is 1. The summed E-state index contributed by atoms with van der Waals surface area (Å²) in [6.07, 6.45) is 8.23. The Bertz CT molecular complexity index is 1080. The van der Waals surface area contributed by atoms with Gasteiger partial charge in [0, 0.05) is 41.9 Å². The number of likely N-dealkylation sites (tertiary alicyclic amines) is 1. The summed E-state index contributed by atoms with van der Waals surface area (Å²) in [5.41, 5.74) is 2.35. The number of pyridine rings is 1. The van der Waals surface area contributed by atoms with E-state index in [1.165, 1.54) is 23.9 Å².